The van der Waals surface area contributed by atoms with Gasteiger partial charge in [-0.1, -0.05) is 48.5 Å². The van der Waals surface area contributed by atoms with Gasteiger partial charge in [-0.25, -0.2) is 0 Å². The van der Waals surface area contributed by atoms with Gasteiger partial charge in [0.05, 0.1) is 19.6 Å². The van der Waals surface area contributed by atoms with E-state index in [-0.39, 0.29) is 11.9 Å². The summed E-state index contributed by atoms with van der Waals surface area (Å²) >= 11 is 0. The van der Waals surface area contributed by atoms with Crippen LogP contribution in [0.15, 0.2) is 54.6 Å². The minimum atomic E-state index is 0.104. The van der Waals surface area contributed by atoms with E-state index in [0.717, 1.165) is 30.9 Å². The fraction of sp³-hybridized carbons (Fsp3) is 0.350. The van der Waals surface area contributed by atoms with E-state index in [1.54, 1.807) is 7.11 Å². The number of likely N-dealkylation sites (N-methyl/N-ethyl adjacent to an activating group) is 1. The molecule has 2 aromatic rings. The third-order valence-corrected chi connectivity index (χ3v) is 4.62. The molecule has 1 fully saturated rings. The van der Waals surface area contributed by atoms with E-state index in [0.29, 0.717) is 6.42 Å². The van der Waals surface area contributed by atoms with E-state index in [1.807, 2.05) is 47.4 Å². The standard InChI is InChI=1S/C20H24N2O2/c1-21-12-13-22(18(15-21)16-8-4-3-5-9-16)20(23)14-17-10-6-7-11-19(17)24-2/h3-11,18H,12-15H2,1-2H3. The summed E-state index contributed by atoms with van der Waals surface area (Å²) in [5.74, 6) is 0.928. The Morgan fingerprint density at radius 3 is 2.54 bits per heavy atom. The highest BCUT2D eigenvalue weighted by molar-refractivity contribution is 5.80. The number of hydrogen-bond acceptors (Lipinski definition) is 3. The smallest absolute Gasteiger partial charge is 0.227 e. The summed E-state index contributed by atoms with van der Waals surface area (Å²) < 4.78 is 5.38. The predicted octanol–water partition coefficient (Wildman–Crippen LogP) is 2.75. The molecule has 1 atom stereocenters. The highest BCUT2D eigenvalue weighted by atomic mass is 16.5. The molecule has 0 saturated carbocycles. The second kappa shape index (κ2) is 7.49. The first-order chi connectivity index (χ1) is 11.7. The Labute approximate surface area is 143 Å². The molecule has 0 N–H and O–H groups in total. The van der Waals surface area contributed by atoms with Crippen LogP contribution in [0.1, 0.15) is 17.2 Å². The molecule has 0 radical (unpaired) electrons. The number of methoxy groups -OCH3 is 1. The molecule has 0 aromatic heterocycles. The van der Waals surface area contributed by atoms with E-state index in [9.17, 15) is 4.79 Å². The van der Waals surface area contributed by atoms with Gasteiger partial charge in [0.1, 0.15) is 5.75 Å². The number of ether oxygens (including phenoxy) is 1. The van der Waals surface area contributed by atoms with Crippen LogP contribution in [0.2, 0.25) is 0 Å². The van der Waals surface area contributed by atoms with Crippen LogP contribution in [-0.4, -0.2) is 49.5 Å². The number of carbonyl (C=O) groups is 1. The highest BCUT2D eigenvalue weighted by Crippen LogP contribution is 2.27. The van der Waals surface area contributed by atoms with Crippen molar-refractivity contribution in [2.45, 2.75) is 12.5 Å². The van der Waals surface area contributed by atoms with Crippen molar-refractivity contribution in [3.63, 3.8) is 0 Å². The number of benzene rings is 2. The second-order valence-electron chi connectivity index (χ2n) is 6.26. The van der Waals surface area contributed by atoms with Crippen molar-refractivity contribution in [2.24, 2.45) is 0 Å². The van der Waals surface area contributed by atoms with Gasteiger partial charge in [-0.15, -0.1) is 0 Å². The minimum absolute atomic E-state index is 0.104. The van der Waals surface area contributed by atoms with Crippen molar-refractivity contribution in [3.05, 3.63) is 65.7 Å². The molecule has 4 heteroatoms. The molecule has 1 aliphatic heterocycles. The predicted molar refractivity (Wildman–Crippen MR) is 95.1 cm³/mol. The van der Waals surface area contributed by atoms with Gasteiger partial charge in [0.2, 0.25) is 5.91 Å². The van der Waals surface area contributed by atoms with Crippen molar-refractivity contribution < 1.29 is 9.53 Å². The van der Waals surface area contributed by atoms with Gasteiger partial charge >= 0.3 is 0 Å². The van der Waals surface area contributed by atoms with Gasteiger partial charge in [-0.05, 0) is 18.7 Å². The van der Waals surface area contributed by atoms with Crippen LogP contribution in [0, 0.1) is 0 Å². The van der Waals surface area contributed by atoms with Gasteiger partial charge in [-0.3, -0.25) is 4.79 Å². The largest absolute Gasteiger partial charge is 0.496 e. The van der Waals surface area contributed by atoms with Gasteiger partial charge in [0, 0.05) is 25.2 Å². The van der Waals surface area contributed by atoms with E-state index < -0.39 is 0 Å². The molecular weight excluding hydrogens is 300 g/mol. The zero-order valence-electron chi connectivity index (χ0n) is 14.3. The molecule has 24 heavy (non-hydrogen) atoms. The van der Waals surface area contributed by atoms with E-state index in [2.05, 4.69) is 24.1 Å². The molecule has 1 heterocycles. The first kappa shape index (κ1) is 16.5. The first-order valence-electron chi connectivity index (χ1n) is 8.34. The Morgan fingerprint density at radius 2 is 1.79 bits per heavy atom. The maximum absolute atomic E-state index is 13.0. The summed E-state index contributed by atoms with van der Waals surface area (Å²) in [6, 6.07) is 18.1. The molecule has 1 aliphatic rings. The second-order valence-corrected chi connectivity index (χ2v) is 6.26. The monoisotopic (exact) mass is 324 g/mol. The van der Waals surface area contributed by atoms with Crippen molar-refractivity contribution >= 4 is 5.91 Å². The Balaban J connectivity index is 1.81. The summed E-state index contributed by atoms with van der Waals surface area (Å²) in [7, 11) is 3.75. The van der Waals surface area contributed by atoms with Crippen LogP contribution >= 0.6 is 0 Å². The number of rotatable bonds is 4. The third kappa shape index (κ3) is 3.60. The molecule has 3 rings (SSSR count). The van der Waals surface area contributed by atoms with Gasteiger partial charge in [0.15, 0.2) is 0 Å². The molecular formula is C20H24N2O2. The van der Waals surface area contributed by atoms with Gasteiger partial charge < -0.3 is 14.5 Å². The molecule has 1 unspecified atom stereocenters. The Hall–Kier alpha value is -2.33. The Kier molecular flexibility index (Phi) is 5.16. The summed E-state index contributed by atoms with van der Waals surface area (Å²) in [5.41, 5.74) is 2.13. The fourth-order valence-electron chi connectivity index (χ4n) is 3.29. The fourth-order valence-corrected chi connectivity index (χ4v) is 3.29. The van der Waals surface area contributed by atoms with Crippen molar-refractivity contribution in [2.75, 3.05) is 33.8 Å². The van der Waals surface area contributed by atoms with Crippen LogP contribution in [0.4, 0.5) is 0 Å². The number of piperazine rings is 1. The van der Waals surface area contributed by atoms with Crippen LogP contribution < -0.4 is 4.74 Å². The lowest BCUT2D eigenvalue weighted by Crippen LogP contribution is -2.49. The van der Waals surface area contributed by atoms with E-state index >= 15 is 0 Å². The molecule has 1 amide bonds. The lowest BCUT2D eigenvalue weighted by atomic mass is 10.0. The number of amides is 1. The summed E-state index contributed by atoms with van der Waals surface area (Å²) in [4.78, 5) is 17.3. The zero-order chi connectivity index (χ0) is 16.9. The number of hydrogen-bond donors (Lipinski definition) is 0. The third-order valence-electron chi connectivity index (χ3n) is 4.62. The number of nitrogens with zero attached hydrogens (tertiary/aromatic N) is 2. The molecule has 2 aromatic carbocycles. The first-order valence-corrected chi connectivity index (χ1v) is 8.34. The number of para-hydroxylation sites is 1. The maximum Gasteiger partial charge on any atom is 0.227 e. The van der Waals surface area contributed by atoms with E-state index in [4.69, 9.17) is 4.74 Å². The van der Waals surface area contributed by atoms with Crippen LogP contribution in [0.25, 0.3) is 0 Å². The minimum Gasteiger partial charge on any atom is -0.496 e. The molecule has 0 bridgehead atoms. The molecule has 126 valence electrons. The summed E-state index contributed by atoms with van der Waals surface area (Å²) in [6.45, 7) is 2.52. The van der Waals surface area contributed by atoms with Crippen molar-refractivity contribution in [3.8, 4) is 5.75 Å². The lowest BCUT2D eigenvalue weighted by molar-refractivity contribution is -0.135. The van der Waals surface area contributed by atoms with Crippen LogP contribution in [-0.2, 0) is 11.2 Å². The maximum atomic E-state index is 13.0. The van der Waals surface area contributed by atoms with Crippen molar-refractivity contribution in [1.82, 2.24) is 9.80 Å². The summed E-state index contributed by atoms with van der Waals surface area (Å²) in [5, 5.41) is 0. The van der Waals surface area contributed by atoms with Gasteiger partial charge in [-0.2, -0.15) is 0 Å². The number of carbonyl (C=O) groups excluding carboxylic acids is 1. The van der Waals surface area contributed by atoms with Crippen LogP contribution in [0.3, 0.4) is 0 Å². The summed E-state index contributed by atoms with van der Waals surface area (Å²) in [6.07, 6.45) is 0.372. The van der Waals surface area contributed by atoms with Crippen LogP contribution in [0.5, 0.6) is 5.75 Å². The average Bonchev–Trinajstić information content (AvgIpc) is 2.62. The quantitative estimate of drug-likeness (QED) is 0.867. The molecule has 1 saturated heterocycles. The normalized spacial score (nSPS) is 18.4. The lowest BCUT2D eigenvalue weighted by Gasteiger charge is -2.40. The zero-order valence-corrected chi connectivity index (χ0v) is 14.3. The topological polar surface area (TPSA) is 32.8 Å². The molecule has 4 nitrogen and oxygen atoms in total. The molecule has 0 spiro atoms. The SMILES string of the molecule is COc1ccccc1CC(=O)N1CCN(C)CC1c1ccccc1. The molecule has 0 aliphatic carbocycles. The highest BCUT2D eigenvalue weighted by Gasteiger charge is 2.30. The Bertz CT molecular complexity index is 687. The average molecular weight is 324 g/mol. The Morgan fingerprint density at radius 1 is 1.08 bits per heavy atom. The van der Waals surface area contributed by atoms with Gasteiger partial charge in [0.25, 0.3) is 0 Å². The van der Waals surface area contributed by atoms with Crippen molar-refractivity contribution in [1.29, 1.82) is 0 Å². The van der Waals surface area contributed by atoms with E-state index in [1.165, 1.54) is 5.56 Å².